The third-order valence-corrected chi connectivity index (χ3v) is 8.54. The molecule has 8 nitrogen and oxygen atoms in total. The summed E-state index contributed by atoms with van der Waals surface area (Å²) >= 11 is 13.5. The lowest BCUT2D eigenvalue weighted by Crippen LogP contribution is -2.40. The first-order chi connectivity index (χ1) is 21.6. The van der Waals surface area contributed by atoms with Gasteiger partial charge in [0, 0.05) is 15.6 Å². The first-order valence-electron chi connectivity index (χ1n) is 14.3. The SMILES string of the molecule is CCOC(=O)C1=C(C)N=c2s/c(=C\c3ccc(OCc4ccc(Cl)cc4Cl)cc3)c(=O)n2[C@H]1c1ccc(OC(C)C)c(OC)c1. The number of aromatic nitrogens is 1. The van der Waals surface area contributed by atoms with Crippen LogP contribution < -0.4 is 29.1 Å². The van der Waals surface area contributed by atoms with Gasteiger partial charge >= 0.3 is 5.97 Å². The molecule has 4 aromatic rings. The van der Waals surface area contributed by atoms with Crippen molar-refractivity contribution < 1.29 is 23.7 Å². The second-order valence-electron chi connectivity index (χ2n) is 10.5. The minimum Gasteiger partial charge on any atom is -0.493 e. The van der Waals surface area contributed by atoms with Gasteiger partial charge in [0.2, 0.25) is 0 Å². The first-order valence-corrected chi connectivity index (χ1v) is 15.9. The molecule has 0 amide bonds. The van der Waals surface area contributed by atoms with E-state index in [0.717, 1.165) is 11.1 Å². The number of ether oxygens (including phenoxy) is 4. The Balaban J connectivity index is 1.51. The van der Waals surface area contributed by atoms with Gasteiger partial charge in [-0.3, -0.25) is 9.36 Å². The van der Waals surface area contributed by atoms with E-state index in [2.05, 4.69) is 4.99 Å². The van der Waals surface area contributed by atoms with Crippen LogP contribution in [0.15, 0.2) is 81.7 Å². The zero-order valence-electron chi connectivity index (χ0n) is 25.4. The summed E-state index contributed by atoms with van der Waals surface area (Å²) < 4.78 is 24.8. The van der Waals surface area contributed by atoms with Crippen LogP contribution in [0.2, 0.25) is 10.0 Å². The summed E-state index contributed by atoms with van der Waals surface area (Å²) in [5.74, 6) is 1.16. The molecule has 1 atom stereocenters. The van der Waals surface area contributed by atoms with Crippen molar-refractivity contribution in [3.63, 3.8) is 0 Å². The van der Waals surface area contributed by atoms with Crippen molar-refractivity contribution in [3.8, 4) is 17.2 Å². The molecular formula is C34H32Cl2N2O6S. The average Bonchev–Trinajstić information content (AvgIpc) is 3.30. The molecule has 0 aliphatic carbocycles. The smallest absolute Gasteiger partial charge is 0.338 e. The molecular weight excluding hydrogens is 635 g/mol. The Morgan fingerprint density at radius 2 is 1.82 bits per heavy atom. The second kappa shape index (κ2) is 13.9. The lowest BCUT2D eigenvalue weighted by Gasteiger charge is -2.25. The summed E-state index contributed by atoms with van der Waals surface area (Å²) in [7, 11) is 1.55. The van der Waals surface area contributed by atoms with Crippen LogP contribution in [0.25, 0.3) is 6.08 Å². The highest BCUT2D eigenvalue weighted by Crippen LogP contribution is 2.36. The second-order valence-corrected chi connectivity index (χ2v) is 12.3. The van der Waals surface area contributed by atoms with Crippen molar-refractivity contribution >= 4 is 46.6 Å². The van der Waals surface area contributed by atoms with Crippen molar-refractivity contribution in [1.82, 2.24) is 4.57 Å². The third kappa shape index (κ3) is 7.11. The van der Waals surface area contributed by atoms with E-state index in [9.17, 15) is 9.59 Å². The van der Waals surface area contributed by atoms with Crippen molar-refractivity contribution in [2.75, 3.05) is 13.7 Å². The number of carbonyl (C=O) groups excluding carboxylic acids is 1. The van der Waals surface area contributed by atoms with E-state index in [4.69, 9.17) is 42.1 Å². The van der Waals surface area contributed by atoms with Gasteiger partial charge in [-0.1, -0.05) is 58.8 Å². The van der Waals surface area contributed by atoms with E-state index in [1.807, 2.05) is 50.2 Å². The number of halogens is 2. The van der Waals surface area contributed by atoms with Crippen LogP contribution in [0.3, 0.4) is 0 Å². The number of benzene rings is 3. The normalized spacial score (nSPS) is 14.7. The highest BCUT2D eigenvalue weighted by Gasteiger charge is 2.34. The Morgan fingerprint density at radius 1 is 1.07 bits per heavy atom. The first kappa shape index (κ1) is 32.3. The topological polar surface area (TPSA) is 88.4 Å². The Labute approximate surface area is 274 Å². The molecule has 0 spiro atoms. The Morgan fingerprint density at radius 3 is 2.49 bits per heavy atom. The molecule has 0 fully saturated rings. The fraction of sp³-hybridized carbons (Fsp3) is 0.265. The molecule has 234 valence electrons. The van der Waals surface area contributed by atoms with Crippen LogP contribution in [0, 0.1) is 0 Å². The monoisotopic (exact) mass is 666 g/mol. The molecule has 0 radical (unpaired) electrons. The summed E-state index contributed by atoms with van der Waals surface area (Å²) in [6.45, 7) is 7.81. The number of thiazole rings is 1. The predicted molar refractivity (Wildman–Crippen MR) is 176 cm³/mol. The van der Waals surface area contributed by atoms with Crippen LogP contribution in [0.5, 0.6) is 17.2 Å². The molecule has 11 heteroatoms. The summed E-state index contributed by atoms with van der Waals surface area (Å²) in [6, 6.07) is 17.3. The number of esters is 1. The Hall–Kier alpha value is -4.05. The minimum atomic E-state index is -0.778. The molecule has 0 saturated carbocycles. The van der Waals surface area contributed by atoms with Gasteiger partial charge in [0.25, 0.3) is 5.56 Å². The predicted octanol–water partition coefficient (Wildman–Crippen LogP) is 6.48. The maximum atomic E-state index is 14.0. The van der Waals surface area contributed by atoms with Crippen LogP contribution in [-0.2, 0) is 16.1 Å². The van der Waals surface area contributed by atoms with E-state index in [-0.39, 0.29) is 30.5 Å². The van der Waals surface area contributed by atoms with Crippen molar-refractivity contribution in [2.45, 2.75) is 46.4 Å². The zero-order valence-corrected chi connectivity index (χ0v) is 27.8. The van der Waals surface area contributed by atoms with E-state index < -0.39 is 12.0 Å². The number of fused-ring (bicyclic) bond motifs is 1. The van der Waals surface area contributed by atoms with Gasteiger partial charge in [0.15, 0.2) is 16.3 Å². The number of rotatable bonds is 10. The standard InChI is InChI=1S/C34H32Cl2N2O6S/c1-6-42-33(40)30-20(4)37-34-38(31(30)22-10-14-27(44-19(2)3)28(16-22)41-5)32(39)29(45-34)15-21-7-12-25(13-8-21)43-18-23-9-11-24(35)17-26(23)36/h7-17,19,31H,6,18H2,1-5H3/b29-15-/t31-/m0/s1. The van der Waals surface area contributed by atoms with Gasteiger partial charge < -0.3 is 18.9 Å². The minimum absolute atomic E-state index is 0.0674. The molecule has 5 rings (SSSR count). The molecule has 1 aliphatic rings. The number of hydrogen-bond donors (Lipinski definition) is 0. The molecule has 3 aromatic carbocycles. The van der Waals surface area contributed by atoms with Gasteiger partial charge in [-0.25, -0.2) is 9.79 Å². The molecule has 1 aromatic heterocycles. The largest absolute Gasteiger partial charge is 0.493 e. The van der Waals surface area contributed by atoms with Crippen LogP contribution >= 0.6 is 34.5 Å². The molecule has 2 heterocycles. The number of nitrogens with zero attached hydrogens (tertiary/aromatic N) is 2. The summed E-state index contributed by atoms with van der Waals surface area (Å²) in [5.41, 5.74) is 2.77. The van der Waals surface area contributed by atoms with Crippen molar-refractivity contribution in [3.05, 3.63) is 118 Å². The van der Waals surface area contributed by atoms with E-state index in [1.165, 1.54) is 11.3 Å². The van der Waals surface area contributed by atoms with Gasteiger partial charge in [-0.15, -0.1) is 0 Å². The van der Waals surface area contributed by atoms with Gasteiger partial charge in [0.05, 0.1) is 41.7 Å². The van der Waals surface area contributed by atoms with Crippen LogP contribution in [0.1, 0.15) is 50.4 Å². The fourth-order valence-corrected chi connectivity index (χ4v) is 6.43. The van der Waals surface area contributed by atoms with E-state index >= 15 is 0 Å². The summed E-state index contributed by atoms with van der Waals surface area (Å²) in [6.07, 6.45) is 1.73. The zero-order chi connectivity index (χ0) is 32.2. The number of allylic oxidation sites excluding steroid dienone is 1. The third-order valence-electron chi connectivity index (χ3n) is 6.97. The number of carbonyl (C=O) groups is 1. The lowest BCUT2D eigenvalue weighted by molar-refractivity contribution is -0.139. The number of hydrogen-bond acceptors (Lipinski definition) is 8. The molecule has 1 aliphatic heterocycles. The van der Waals surface area contributed by atoms with Crippen molar-refractivity contribution in [1.29, 1.82) is 0 Å². The van der Waals surface area contributed by atoms with Crippen LogP contribution in [-0.4, -0.2) is 30.4 Å². The Kier molecular flexibility index (Phi) is 10.0. The molecule has 0 N–H and O–H groups in total. The van der Waals surface area contributed by atoms with E-state index in [1.54, 1.807) is 55.9 Å². The van der Waals surface area contributed by atoms with Crippen molar-refractivity contribution in [2.24, 2.45) is 4.99 Å². The maximum Gasteiger partial charge on any atom is 0.338 e. The molecule has 0 saturated heterocycles. The van der Waals surface area contributed by atoms with Gasteiger partial charge in [0.1, 0.15) is 12.4 Å². The highest BCUT2D eigenvalue weighted by molar-refractivity contribution is 7.07. The molecule has 45 heavy (non-hydrogen) atoms. The average molecular weight is 668 g/mol. The number of methoxy groups -OCH3 is 1. The fourth-order valence-electron chi connectivity index (χ4n) is 4.92. The van der Waals surface area contributed by atoms with Crippen LogP contribution in [0.4, 0.5) is 0 Å². The highest BCUT2D eigenvalue weighted by atomic mass is 35.5. The van der Waals surface area contributed by atoms with Gasteiger partial charge in [-0.2, -0.15) is 0 Å². The van der Waals surface area contributed by atoms with Gasteiger partial charge in [-0.05, 0) is 81.3 Å². The lowest BCUT2D eigenvalue weighted by atomic mass is 9.95. The Bertz CT molecular complexity index is 1950. The maximum absolute atomic E-state index is 14.0. The quantitative estimate of drug-likeness (QED) is 0.180. The molecule has 0 bridgehead atoms. The molecule has 0 unspecified atom stereocenters. The summed E-state index contributed by atoms with van der Waals surface area (Å²) in [5, 5.41) is 1.10. The summed E-state index contributed by atoms with van der Waals surface area (Å²) in [4.78, 5) is 32.4. The van der Waals surface area contributed by atoms with E-state index in [0.29, 0.717) is 47.9 Å².